The summed E-state index contributed by atoms with van der Waals surface area (Å²) in [5.41, 5.74) is 1.00. The maximum Gasteiger partial charge on any atom is 0.416 e. The van der Waals surface area contributed by atoms with E-state index in [1.807, 2.05) is 0 Å². The number of carbonyl (C=O) groups excluding carboxylic acids is 1. The largest absolute Gasteiger partial charge is 0.487 e. The van der Waals surface area contributed by atoms with Crippen molar-refractivity contribution < 1.29 is 75.3 Å². The van der Waals surface area contributed by atoms with Crippen molar-refractivity contribution in [3.63, 3.8) is 0 Å². The molecule has 18 nitrogen and oxygen atoms in total. The Morgan fingerprint density at radius 2 is 1.66 bits per heavy atom. The number of ether oxygens (including phenoxy) is 2. The van der Waals surface area contributed by atoms with Gasteiger partial charge in [0.2, 0.25) is 5.75 Å². The number of aromatic carboxylic acids is 1. The van der Waals surface area contributed by atoms with Crippen molar-refractivity contribution in [2.75, 3.05) is 24.8 Å². The molecule has 0 atom stereocenters. The van der Waals surface area contributed by atoms with Crippen LogP contribution in [0.25, 0.3) is 0 Å². The highest BCUT2D eigenvalue weighted by Crippen LogP contribution is 2.38. The van der Waals surface area contributed by atoms with Crippen LogP contribution in [0.4, 0.5) is 38.1 Å². The van der Waals surface area contributed by atoms with Crippen LogP contribution < -0.4 is 25.5 Å². The molecule has 0 bridgehead atoms. The van der Waals surface area contributed by atoms with Gasteiger partial charge in [-0.05, 0) is 62.4 Å². The number of carboxylic acids is 2. The summed E-state index contributed by atoms with van der Waals surface area (Å²) in [4.78, 5) is 63.1. The number of nitrogens with zero attached hydrogens (tertiary/aromatic N) is 3. The predicted molar refractivity (Wildman–Crippen MR) is 195 cm³/mol. The van der Waals surface area contributed by atoms with Gasteiger partial charge in [0.05, 0.1) is 46.2 Å². The molecule has 2 amide bonds. The van der Waals surface area contributed by atoms with Crippen LogP contribution in [0.3, 0.4) is 0 Å². The fourth-order valence-electron chi connectivity index (χ4n) is 4.01. The Bertz CT molecular complexity index is 2170. The van der Waals surface area contributed by atoms with E-state index in [0.717, 1.165) is 30.3 Å². The molecule has 0 aliphatic carbocycles. The van der Waals surface area contributed by atoms with E-state index in [1.165, 1.54) is 43.5 Å². The minimum Gasteiger partial charge on any atom is -0.487 e. The molecule has 0 saturated carbocycles. The molecule has 0 unspecified atom stereocenters. The van der Waals surface area contributed by atoms with Gasteiger partial charge in [-0.2, -0.15) is 18.3 Å². The molecule has 0 aliphatic heterocycles. The lowest BCUT2D eigenvalue weighted by molar-refractivity contribution is -0.385. The fraction of sp³-hybridized carbons (Fsp3) is 0.182. The summed E-state index contributed by atoms with van der Waals surface area (Å²) in [6, 6.07) is 10.9. The molecule has 7 N–H and O–H groups in total. The van der Waals surface area contributed by atoms with Gasteiger partial charge in [-0.15, -0.1) is 0 Å². The molecule has 4 rings (SSSR count). The molecule has 3 aromatic carbocycles. The van der Waals surface area contributed by atoms with Crippen molar-refractivity contribution in [3.8, 4) is 17.2 Å². The minimum absolute atomic E-state index is 0.0111. The maximum absolute atomic E-state index is 13.0. The third-order valence-corrected chi connectivity index (χ3v) is 7.27. The summed E-state index contributed by atoms with van der Waals surface area (Å²) in [7, 11) is -4.10. The van der Waals surface area contributed by atoms with Gasteiger partial charge in [0, 0.05) is 30.1 Å². The van der Waals surface area contributed by atoms with Crippen molar-refractivity contribution in [2.45, 2.75) is 20.0 Å². The van der Waals surface area contributed by atoms with E-state index in [-0.39, 0.29) is 57.2 Å². The summed E-state index contributed by atoms with van der Waals surface area (Å²) in [5, 5.41) is 35.7. The number of halogens is 6. The number of anilines is 1. The SMILES string of the molecule is C/C(=N\NC(=O)Nc1cc(F)cc(F)c1)c1ncccc1C(=O)O.CCOc1cc(Oc2ccc(C(F)(F)F)cc2Cl)ccc1[N+](=O)[O-].O=C(O)CNCP(=O)(O)O. The molecule has 0 fully saturated rings. The third-order valence-electron chi connectivity index (χ3n) is 6.34. The van der Waals surface area contributed by atoms with Gasteiger partial charge >= 0.3 is 37.4 Å². The Morgan fingerprint density at radius 3 is 2.19 bits per heavy atom. The zero-order valence-corrected chi connectivity index (χ0v) is 31.3. The minimum atomic E-state index is -4.52. The monoisotopic (exact) mass is 864 g/mol. The molecule has 1 aromatic heterocycles. The van der Waals surface area contributed by atoms with Crippen LogP contribution in [0.5, 0.6) is 17.2 Å². The zero-order chi connectivity index (χ0) is 43.8. The Morgan fingerprint density at radius 1 is 1.00 bits per heavy atom. The molecule has 0 radical (unpaired) electrons. The van der Waals surface area contributed by atoms with Crippen LogP contribution >= 0.6 is 19.2 Å². The van der Waals surface area contributed by atoms with Crippen molar-refractivity contribution in [1.82, 2.24) is 15.7 Å². The van der Waals surface area contributed by atoms with E-state index in [0.29, 0.717) is 6.07 Å². The molecule has 1 heterocycles. The topological polar surface area (TPSA) is 272 Å². The number of urea groups is 1. The molecule has 0 saturated heterocycles. The number of benzene rings is 3. The number of alkyl halides is 3. The highest BCUT2D eigenvalue weighted by atomic mass is 35.5. The van der Waals surface area contributed by atoms with Gasteiger partial charge in [0.15, 0.2) is 0 Å². The summed E-state index contributed by atoms with van der Waals surface area (Å²) in [6.07, 6.45) is -3.73. The van der Waals surface area contributed by atoms with Gasteiger partial charge in [0.25, 0.3) is 0 Å². The standard InChI is InChI=1S/C15H11ClF3NO4.C15H12F2N4O3.C3H8NO5P/c1-2-23-14-8-10(4-5-12(14)20(21)22)24-13-6-3-9(7-11(13)16)15(17,18)19;1-8(13-12(14(22)23)3-2-4-18-13)20-21-15(24)19-11-6-9(16)5-10(17)7-11;5-3(6)1-4-2-10(7,8)9/h3-8H,2H2,1H3;2-7H,1H3,(H,22,23)(H2,19,21,24);4H,1-2H2,(H,5,6)(H2,7,8,9)/b;20-8+;. The second-order valence-corrected chi connectivity index (χ2v) is 12.9. The molecule has 25 heteroatoms. The molecule has 0 aliphatic rings. The van der Waals surface area contributed by atoms with Gasteiger partial charge < -0.3 is 34.8 Å². The van der Waals surface area contributed by atoms with Crippen molar-refractivity contribution >= 4 is 54.3 Å². The highest BCUT2D eigenvalue weighted by Gasteiger charge is 2.31. The van der Waals surface area contributed by atoms with Crippen molar-refractivity contribution in [3.05, 3.63) is 117 Å². The van der Waals surface area contributed by atoms with Gasteiger partial charge in [-0.3, -0.25) is 29.8 Å². The average molecular weight is 865 g/mol. The average Bonchev–Trinajstić information content (AvgIpc) is 3.10. The normalized spacial score (nSPS) is 11.2. The number of aromatic nitrogens is 1. The maximum atomic E-state index is 13.0. The summed E-state index contributed by atoms with van der Waals surface area (Å²) >= 11 is 5.80. The van der Waals surface area contributed by atoms with Gasteiger partial charge in [-0.25, -0.2) is 23.8 Å². The molecule has 312 valence electrons. The molecule has 58 heavy (non-hydrogen) atoms. The Kier molecular flexibility index (Phi) is 18.1. The Balaban J connectivity index is 0.000000326. The van der Waals surface area contributed by atoms with Crippen LogP contribution in [0, 0.1) is 21.7 Å². The highest BCUT2D eigenvalue weighted by molar-refractivity contribution is 7.51. The smallest absolute Gasteiger partial charge is 0.416 e. The number of nitro benzene ring substituents is 1. The number of pyridine rings is 1. The van der Waals surface area contributed by atoms with Crippen molar-refractivity contribution in [1.29, 1.82) is 0 Å². The molecular weight excluding hydrogens is 834 g/mol. The van der Waals surface area contributed by atoms with Crippen LogP contribution in [0.1, 0.15) is 35.5 Å². The van der Waals surface area contributed by atoms with E-state index < -0.39 is 66.7 Å². The van der Waals surface area contributed by atoms with E-state index in [4.69, 9.17) is 41.1 Å². The first-order valence-electron chi connectivity index (χ1n) is 15.7. The Labute approximate surface area is 328 Å². The lowest BCUT2D eigenvalue weighted by Gasteiger charge is -2.12. The van der Waals surface area contributed by atoms with Gasteiger partial charge in [-0.1, -0.05) is 11.6 Å². The van der Waals surface area contributed by atoms with Crippen LogP contribution in [-0.4, -0.2) is 73.0 Å². The van der Waals surface area contributed by atoms with E-state index in [2.05, 4.69) is 26.1 Å². The summed E-state index contributed by atoms with van der Waals surface area (Å²) in [5.74, 6) is -3.90. The van der Waals surface area contributed by atoms with Crippen LogP contribution in [0.2, 0.25) is 5.02 Å². The van der Waals surface area contributed by atoms with E-state index in [1.54, 1.807) is 6.92 Å². The second-order valence-electron chi connectivity index (χ2n) is 10.8. The fourth-order valence-corrected chi connectivity index (χ4v) is 4.64. The van der Waals surface area contributed by atoms with E-state index in [9.17, 15) is 51.0 Å². The molecule has 0 spiro atoms. The molecular formula is C33H31ClF5N6O12P. The summed E-state index contributed by atoms with van der Waals surface area (Å²) in [6.45, 7) is 2.87. The number of hydrogen-bond donors (Lipinski definition) is 7. The first kappa shape index (κ1) is 47.9. The number of hydrazone groups is 1. The lowest BCUT2D eigenvalue weighted by Crippen LogP contribution is -2.26. The van der Waals surface area contributed by atoms with E-state index >= 15 is 0 Å². The number of carbonyl (C=O) groups is 3. The number of aliphatic carboxylic acids is 1. The predicted octanol–water partition coefficient (Wildman–Crippen LogP) is 6.86. The van der Waals surface area contributed by atoms with Gasteiger partial charge in [0.1, 0.15) is 28.8 Å². The zero-order valence-electron chi connectivity index (χ0n) is 29.7. The molecule has 4 aromatic rings. The van der Waals surface area contributed by atoms with Crippen molar-refractivity contribution in [2.24, 2.45) is 5.10 Å². The lowest BCUT2D eigenvalue weighted by atomic mass is 10.1. The third kappa shape index (κ3) is 16.9. The Hall–Kier alpha value is -6.26. The van der Waals surface area contributed by atoms with Crippen LogP contribution in [0.15, 0.2) is 78.0 Å². The second kappa shape index (κ2) is 21.9. The summed E-state index contributed by atoms with van der Waals surface area (Å²) < 4.78 is 84.5. The number of nitro groups is 1. The quantitative estimate of drug-likeness (QED) is 0.0238. The number of carboxylic acid groups (broad SMARTS) is 2. The van der Waals surface area contributed by atoms with Crippen LogP contribution in [-0.2, 0) is 15.5 Å². The number of amides is 2. The number of hydrogen-bond acceptors (Lipinski definition) is 11. The first-order valence-corrected chi connectivity index (χ1v) is 17.9. The number of rotatable bonds is 13. The first-order chi connectivity index (χ1) is 27.0. The number of nitrogens with one attached hydrogen (secondary N) is 3.